The van der Waals surface area contributed by atoms with Crippen LogP contribution in [0.15, 0.2) is 24.4 Å². The third kappa shape index (κ3) is 4.81. The maximum absolute atomic E-state index is 12.2. The van der Waals surface area contributed by atoms with E-state index in [0.717, 1.165) is 11.3 Å². The number of hydrogen-bond acceptors (Lipinski definition) is 4. The quantitative estimate of drug-likeness (QED) is 0.920. The Morgan fingerprint density at radius 1 is 1.38 bits per heavy atom. The van der Waals surface area contributed by atoms with Gasteiger partial charge in [0.05, 0.1) is 12.1 Å². The van der Waals surface area contributed by atoms with Crippen molar-refractivity contribution in [1.29, 1.82) is 0 Å². The minimum absolute atomic E-state index is 0.0334. The van der Waals surface area contributed by atoms with E-state index in [2.05, 4.69) is 4.98 Å². The van der Waals surface area contributed by atoms with Gasteiger partial charge in [-0.3, -0.25) is 9.78 Å². The van der Waals surface area contributed by atoms with Crippen LogP contribution in [0.25, 0.3) is 5.57 Å². The lowest BCUT2D eigenvalue weighted by Crippen LogP contribution is -2.41. The number of carbonyl (C=O) groups is 2. The SMILES string of the molecule is CC1CN(C(=O)OC(C)(C)C)CC=C1c1ccc(CC(=O)O)cn1. The molecule has 24 heavy (non-hydrogen) atoms. The first-order valence-corrected chi connectivity index (χ1v) is 8.01. The second-order valence-electron chi connectivity index (χ2n) is 7.07. The van der Waals surface area contributed by atoms with Gasteiger partial charge in [-0.05, 0) is 38.0 Å². The fourth-order valence-electron chi connectivity index (χ4n) is 2.62. The monoisotopic (exact) mass is 332 g/mol. The average molecular weight is 332 g/mol. The molecule has 0 saturated carbocycles. The molecule has 1 amide bonds. The summed E-state index contributed by atoms with van der Waals surface area (Å²) in [5, 5.41) is 8.80. The number of aromatic nitrogens is 1. The highest BCUT2D eigenvalue weighted by Crippen LogP contribution is 2.27. The Morgan fingerprint density at radius 2 is 2.08 bits per heavy atom. The number of aliphatic carboxylic acids is 1. The van der Waals surface area contributed by atoms with Crippen LogP contribution in [0.2, 0.25) is 0 Å². The Morgan fingerprint density at radius 3 is 2.58 bits per heavy atom. The summed E-state index contributed by atoms with van der Waals surface area (Å²) in [5.41, 5.74) is 2.05. The molecule has 1 N–H and O–H groups in total. The maximum Gasteiger partial charge on any atom is 0.410 e. The number of amides is 1. The van der Waals surface area contributed by atoms with Crippen molar-refractivity contribution in [3.8, 4) is 0 Å². The predicted octanol–water partition coefficient (Wildman–Crippen LogP) is 2.98. The molecular weight excluding hydrogens is 308 g/mol. The molecule has 1 aliphatic heterocycles. The Balaban J connectivity index is 2.07. The van der Waals surface area contributed by atoms with Crippen LogP contribution in [0.1, 0.15) is 39.0 Å². The molecule has 6 nitrogen and oxygen atoms in total. The summed E-state index contributed by atoms with van der Waals surface area (Å²) >= 11 is 0. The van der Waals surface area contributed by atoms with E-state index in [4.69, 9.17) is 9.84 Å². The lowest BCUT2D eigenvalue weighted by molar-refractivity contribution is -0.136. The van der Waals surface area contributed by atoms with Crippen molar-refractivity contribution in [2.45, 2.75) is 39.7 Å². The minimum atomic E-state index is -0.872. The van der Waals surface area contributed by atoms with Crippen molar-refractivity contribution in [3.63, 3.8) is 0 Å². The largest absolute Gasteiger partial charge is 0.481 e. The zero-order valence-electron chi connectivity index (χ0n) is 14.6. The number of hydrogen-bond donors (Lipinski definition) is 1. The average Bonchev–Trinajstić information content (AvgIpc) is 2.46. The van der Waals surface area contributed by atoms with E-state index in [1.807, 2.05) is 39.8 Å². The summed E-state index contributed by atoms with van der Waals surface area (Å²) in [7, 11) is 0. The van der Waals surface area contributed by atoms with E-state index >= 15 is 0 Å². The van der Waals surface area contributed by atoms with Crippen LogP contribution >= 0.6 is 0 Å². The first-order chi connectivity index (χ1) is 11.2. The molecule has 1 aromatic rings. The number of carbonyl (C=O) groups excluding carboxylic acids is 1. The Labute approximate surface area is 142 Å². The minimum Gasteiger partial charge on any atom is -0.481 e. The highest BCUT2D eigenvalue weighted by Gasteiger charge is 2.27. The van der Waals surface area contributed by atoms with Crippen molar-refractivity contribution in [2.75, 3.05) is 13.1 Å². The molecule has 6 heteroatoms. The molecule has 1 aromatic heterocycles. The van der Waals surface area contributed by atoms with Crippen molar-refractivity contribution in [3.05, 3.63) is 35.7 Å². The Hall–Kier alpha value is -2.37. The van der Waals surface area contributed by atoms with Gasteiger partial charge in [-0.25, -0.2) is 4.79 Å². The van der Waals surface area contributed by atoms with Gasteiger partial charge >= 0.3 is 12.1 Å². The summed E-state index contributed by atoms with van der Waals surface area (Å²) in [6.45, 7) is 8.63. The lowest BCUT2D eigenvalue weighted by atomic mass is 9.93. The second kappa shape index (κ2) is 7.03. The highest BCUT2D eigenvalue weighted by molar-refractivity contribution is 5.73. The molecule has 0 radical (unpaired) electrons. The van der Waals surface area contributed by atoms with Gasteiger partial charge in [0.2, 0.25) is 0 Å². The van der Waals surface area contributed by atoms with Crippen LogP contribution in [0.4, 0.5) is 4.79 Å². The van der Waals surface area contributed by atoms with E-state index in [1.165, 1.54) is 0 Å². The van der Waals surface area contributed by atoms with Gasteiger partial charge in [-0.15, -0.1) is 0 Å². The van der Waals surface area contributed by atoms with Gasteiger partial charge in [0, 0.05) is 25.2 Å². The van der Waals surface area contributed by atoms with E-state index in [0.29, 0.717) is 18.7 Å². The maximum atomic E-state index is 12.2. The Kier molecular flexibility index (Phi) is 5.26. The molecule has 0 saturated heterocycles. The Bertz CT molecular complexity index is 644. The lowest BCUT2D eigenvalue weighted by Gasteiger charge is -2.32. The molecule has 0 fully saturated rings. The van der Waals surface area contributed by atoms with Crippen LogP contribution in [0.3, 0.4) is 0 Å². The highest BCUT2D eigenvalue weighted by atomic mass is 16.6. The number of nitrogens with zero attached hydrogens (tertiary/aromatic N) is 2. The molecular formula is C18H24N2O4. The van der Waals surface area contributed by atoms with Crippen LogP contribution in [-0.2, 0) is 16.0 Å². The summed E-state index contributed by atoms with van der Waals surface area (Å²) in [6.07, 6.45) is 3.23. The molecule has 0 aliphatic carbocycles. The normalized spacial score (nSPS) is 18.1. The zero-order valence-corrected chi connectivity index (χ0v) is 14.6. The number of carboxylic acid groups (broad SMARTS) is 1. The van der Waals surface area contributed by atoms with E-state index in [1.54, 1.807) is 17.2 Å². The third-order valence-corrected chi connectivity index (χ3v) is 3.68. The molecule has 0 spiro atoms. The van der Waals surface area contributed by atoms with Crippen LogP contribution in [-0.4, -0.2) is 45.7 Å². The van der Waals surface area contributed by atoms with E-state index in [9.17, 15) is 9.59 Å². The van der Waals surface area contributed by atoms with E-state index < -0.39 is 11.6 Å². The molecule has 1 unspecified atom stereocenters. The molecule has 0 bridgehead atoms. The van der Waals surface area contributed by atoms with Crippen molar-refractivity contribution >= 4 is 17.6 Å². The van der Waals surface area contributed by atoms with Gasteiger partial charge in [0.1, 0.15) is 5.60 Å². The summed E-state index contributed by atoms with van der Waals surface area (Å²) in [4.78, 5) is 28.9. The number of carboxylic acids is 1. The molecule has 130 valence electrons. The van der Waals surface area contributed by atoms with Gasteiger partial charge in [0.15, 0.2) is 0 Å². The molecule has 2 rings (SSSR count). The molecule has 1 aliphatic rings. The fourth-order valence-corrected chi connectivity index (χ4v) is 2.62. The first-order valence-electron chi connectivity index (χ1n) is 8.01. The third-order valence-electron chi connectivity index (χ3n) is 3.68. The van der Waals surface area contributed by atoms with Gasteiger partial charge in [0.25, 0.3) is 0 Å². The predicted molar refractivity (Wildman–Crippen MR) is 90.5 cm³/mol. The van der Waals surface area contributed by atoms with Crippen molar-refractivity contribution in [1.82, 2.24) is 9.88 Å². The van der Waals surface area contributed by atoms with Gasteiger partial charge < -0.3 is 14.7 Å². The molecule has 2 heterocycles. The summed E-state index contributed by atoms with van der Waals surface area (Å²) in [6, 6.07) is 3.62. The van der Waals surface area contributed by atoms with Crippen molar-refractivity contribution < 1.29 is 19.4 Å². The number of rotatable bonds is 3. The fraction of sp³-hybridized carbons (Fsp3) is 0.500. The zero-order chi connectivity index (χ0) is 17.9. The van der Waals surface area contributed by atoms with E-state index in [-0.39, 0.29) is 18.4 Å². The van der Waals surface area contributed by atoms with Crippen LogP contribution in [0, 0.1) is 5.92 Å². The van der Waals surface area contributed by atoms with Crippen molar-refractivity contribution in [2.24, 2.45) is 5.92 Å². The number of pyridine rings is 1. The number of ether oxygens (including phenoxy) is 1. The molecule has 0 aromatic carbocycles. The second-order valence-corrected chi connectivity index (χ2v) is 7.07. The van der Waals surface area contributed by atoms with Crippen LogP contribution in [0.5, 0.6) is 0 Å². The van der Waals surface area contributed by atoms with Gasteiger partial charge in [-0.1, -0.05) is 19.1 Å². The summed E-state index contributed by atoms with van der Waals surface area (Å²) in [5.74, 6) is -0.744. The van der Waals surface area contributed by atoms with Crippen LogP contribution < -0.4 is 0 Å². The van der Waals surface area contributed by atoms with Gasteiger partial charge in [-0.2, -0.15) is 0 Å². The summed E-state index contributed by atoms with van der Waals surface area (Å²) < 4.78 is 5.41. The topological polar surface area (TPSA) is 79.7 Å². The molecule has 1 atom stereocenters. The first kappa shape index (κ1) is 18.0. The smallest absolute Gasteiger partial charge is 0.410 e. The standard InChI is InChI=1S/C18H24N2O4/c1-12-11-20(17(23)24-18(2,3)4)8-7-14(12)15-6-5-13(10-19-15)9-16(21)22/h5-7,10,12H,8-9,11H2,1-4H3,(H,21,22).